The highest BCUT2D eigenvalue weighted by molar-refractivity contribution is 7.45. The number of amides is 1. The second-order valence-electron chi connectivity index (χ2n) is 16.1. The van der Waals surface area contributed by atoms with Gasteiger partial charge in [0.1, 0.15) is 13.2 Å². The number of rotatable bonds is 39. The van der Waals surface area contributed by atoms with E-state index in [4.69, 9.17) is 9.05 Å². The van der Waals surface area contributed by atoms with Crippen molar-refractivity contribution < 1.29 is 32.9 Å². The average Bonchev–Trinajstić information content (AvgIpc) is 3.09. The van der Waals surface area contributed by atoms with E-state index >= 15 is 0 Å². The van der Waals surface area contributed by atoms with E-state index in [-0.39, 0.29) is 12.5 Å². The summed E-state index contributed by atoms with van der Waals surface area (Å²) in [4.78, 5) is 25.2. The maximum Gasteiger partial charge on any atom is 0.268 e. The van der Waals surface area contributed by atoms with Crippen molar-refractivity contribution in [2.24, 2.45) is 0 Å². The quantitative estimate of drug-likeness (QED) is 0.0280. The Morgan fingerprint density at radius 2 is 1.10 bits per heavy atom. The number of nitrogens with zero attached hydrogens (tertiary/aromatic N) is 1. The first-order valence-corrected chi connectivity index (χ1v) is 23.2. The van der Waals surface area contributed by atoms with Crippen LogP contribution in [0.25, 0.3) is 0 Å². The summed E-state index contributed by atoms with van der Waals surface area (Å²) in [6, 6.07) is -0.912. The minimum atomic E-state index is -4.59. The fraction of sp³-hybridized carbons (Fsp3) is 0.884. The number of allylic oxidation sites excluding steroid dienone is 3. The van der Waals surface area contributed by atoms with Gasteiger partial charge in [0.15, 0.2) is 0 Å². The van der Waals surface area contributed by atoms with E-state index in [2.05, 4.69) is 25.2 Å². The molecule has 0 aromatic rings. The Balaban J connectivity index is 4.37. The predicted molar refractivity (Wildman–Crippen MR) is 219 cm³/mol. The summed E-state index contributed by atoms with van der Waals surface area (Å²) >= 11 is 0. The third-order valence-corrected chi connectivity index (χ3v) is 10.7. The SMILES string of the molecule is CCCCCCCCC/C=C/C=C/[C@@H](O)[C@H](COP(=O)([O-])OCC[N+](C)(C)C)NC(=O)CCCCCCCCCCCCCCCCCCCCC. The zero-order valence-corrected chi connectivity index (χ0v) is 35.7. The molecule has 1 amide bonds. The van der Waals surface area contributed by atoms with Gasteiger partial charge in [0.25, 0.3) is 7.82 Å². The number of aliphatic hydroxyl groups excluding tert-OH is 1. The van der Waals surface area contributed by atoms with Crippen LogP contribution in [-0.2, 0) is 18.4 Å². The number of hydrogen-bond acceptors (Lipinski definition) is 6. The third kappa shape index (κ3) is 37.3. The molecular formula is C43H85N2O6P. The van der Waals surface area contributed by atoms with E-state index in [1.54, 1.807) is 12.2 Å². The molecule has 0 rings (SSSR count). The number of phosphoric ester groups is 1. The second-order valence-corrected chi connectivity index (χ2v) is 17.5. The van der Waals surface area contributed by atoms with Gasteiger partial charge >= 0.3 is 0 Å². The number of phosphoric acid groups is 1. The van der Waals surface area contributed by atoms with E-state index in [0.717, 1.165) is 32.1 Å². The fourth-order valence-corrected chi connectivity index (χ4v) is 6.93. The molecule has 0 saturated carbocycles. The fourth-order valence-electron chi connectivity index (χ4n) is 6.21. The number of quaternary nitrogens is 1. The third-order valence-electron chi connectivity index (χ3n) is 9.72. The van der Waals surface area contributed by atoms with Gasteiger partial charge in [0.2, 0.25) is 5.91 Å². The molecule has 0 aromatic heterocycles. The summed E-state index contributed by atoms with van der Waals surface area (Å²) in [7, 11) is 1.24. The highest BCUT2D eigenvalue weighted by atomic mass is 31.2. The highest BCUT2D eigenvalue weighted by Crippen LogP contribution is 2.38. The van der Waals surface area contributed by atoms with E-state index in [1.165, 1.54) is 141 Å². The smallest absolute Gasteiger partial charge is 0.268 e. The number of carbonyl (C=O) groups is 1. The van der Waals surface area contributed by atoms with Crippen molar-refractivity contribution in [1.29, 1.82) is 0 Å². The molecule has 1 unspecified atom stereocenters. The topological polar surface area (TPSA) is 108 Å². The Morgan fingerprint density at radius 3 is 1.54 bits per heavy atom. The number of nitrogens with one attached hydrogen (secondary N) is 1. The van der Waals surface area contributed by atoms with Crippen LogP contribution in [0.4, 0.5) is 0 Å². The van der Waals surface area contributed by atoms with Crippen LogP contribution < -0.4 is 10.2 Å². The molecule has 0 saturated heterocycles. The molecule has 308 valence electrons. The lowest BCUT2D eigenvalue weighted by atomic mass is 10.0. The lowest BCUT2D eigenvalue weighted by molar-refractivity contribution is -0.870. The molecule has 0 bridgehead atoms. The molecule has 0 aliphatic carbocycles. The Kier molecular flexibility index (Phi) is 35.0. The van der Waals surface area contributed by atoms with E-state index in [1.807, 2.05) is 27.2 Å². The number of aliphatic hydroxyl groups is 1. The molecule has 2 N–H and O–H groups in total. The summed E-state index contributed by atoms with van der Waals surface area (Å²) in [6.45, 7) is 4.59. The second kappa shape index (κ2) is 35.7. The first-order chi connectivity index (χ1) is 25.0. The van der Waals surface area contributed by atoms with Crippen molar-refractivity contribution >= 4 is 13.7 Å². The largest absolute Gasteiger partial charge is 0.756 e. The minimum absolute atomic E-state index is 0.00725. The Morgan fingerprint density at radius 1 is 0.673 bits per heavy atom. The molecule has 3 atom stereocenters. The highest BCUT2D eigenvalue weighted by Gasteiger charge is 2.23. The lowest BCUT2D eigenvalue weighted by Gasteiger charge is -2.29. The molecule has 0 aliphatic heterocycles. The monoisotopic (exact) mass is 757 g/mol. The predicted octanol–water partition coefficient (Wildman–Crippen LogP) is 11.1. The van der Waals surface area contributed by atoms with Gasteiger partial charge in [0, 0.05) is 6.42 Å². The van der Waals surface area contributed by atoms with Gasteiger partial charge in [-0.1, -0.05) is 192 Å². The van der Waals surface area contributed by atoms with Crippen LogP contribution in [0.1, 0.15) is 194 Å². The molecule has 0 aromatic carbocycles. The first-order valence-electron chi connectivity index (χ1n) is 21.7. The molecule has 0 radical (unpaired) electrons. The molecule has 0 heterocycles. The van der Waals surface area contributed by atoms with Crippen LogP contribution in [0.3, 0.4) is 0 Å². The number of unbranched alkanes of at least 4 members (excludes halogenated alkanes) is 25. The maximum absolute atomic E-state index is 12.8. The van der Waals surface area contributed by atoms with Gasteiger partial charge in [-0.15, -0.1) is 0 Å². The summed E-state index contributed by atoms with van der Waals surface area (Å²) in [6.07, 6.45) is 40.9. The van der Waals surface area contributed by atoms with Crippen molar-refractivity contribution in [3.05, 3.63) is 24.3 Å². The van der Waals surface area contributed by atoms with E-state index in [0.29, 0.717) is 17.4 Å². The van der Waals surface area contributed by atoms with E-state index in [9.17, 15) is 19.4 Å². The molecule has 52 heavy (non-hydrogen) atoms. The Hall–Kier alpha value is -1.02. The summed E-state index contributed by atoms with van der Waals surface area (Å²) < 4.78 is 23.1. The van der Waals surface area contributed by atoms with Crippen LogP contribution in [-0.4, -0.2) is 68.5 Å². The van der Waals surface area contributed by atoms with Crippen LogP contribution in [0, 0.1) is 0 Å². The van der Waals surface area contributed by atoms with Gasteiger partial charge in [-0.05, 0) is 19.3 Å². The van der Waals surface area contributed by atoms with Crippen LogP contribution >= 0.6 is 7.82 Å². The van der Waals surface area contributed by atoms with Crippen molar-refractivity contribution in [2.45, 2.75) is 206 Å². The molecule has 0 fully saturated rings. The molecule has 0 spiro atoms. The van der Waals surface area contributed by atoms with E-state index < -0.39 is 26.6 Å². The molecular weight excluding hydrogens is 671 g/mol. The number of carbonyl (C=O) groups excluding carboxylic acids is 1. The number of likely N-dealkylation sites (N-methyl/N-ethyl adjacent to an activating group) is 1. The van der Waals surface area contributed by atoms with Crippen molar-refractivity contribution in [3.63, 3.8) is 0 Å². The Labute approximate surface area is 322 Å². The zero-order chi connectivity index (χ0) is 38.6. The van der Waals surface area contributed by atoms with Gasteiger partial charge in [-0.25, -0.2) is 0 Å². The molecule has 8 nitrogen and oxygen atoms in total. The van der Waals surface area contributed by atoms with Gasteiger partial charge in [-0.3, -0.25) is 9.36 Å². The minimum Gasteiger partial charge on any atom is -0.756 e. The van der Waals surface area contributed by atoms with Crippen LogP contribution in [0.2, 0.25) is 0 Å². The summed E-state index contributed by atoms with van der Waals surface area (Å²) in [5.41, 5.74) is 0. The van der Waals surface area contributed by atoms with Crippen LogP contribution in [0.15, 0.2) is 24.3 Å². The van der Waals surface area contributed by atoms with Crippen LogP contribution in [0.5, 0.6) is 0 Å². The summed E-state index contributed by atoms with van der Waals surface area (Å²) in [5, 5.41) is 13.7. The van der Waals surface area contributed by atoms with Gasteiger partial charge < -0.3 is 28.8 Å². The van der Waals surface area contributed by atoms with Gasteiger partial charge in [0.05, 0.1) is 39.9 Å². The van der Waals surface area contributed by atoms with Crippen molar-refractivity contribution in [1.82, 2.24) is 5.32 Å². The lowest BCUT2D eigenvalue weighted by Crippen LogP contribution is -2.45. The Bertz CT molecular complexity index is 907. The van der Waals surface area contributed by atoms with Crippen molar-refractivity contribution in [2.75, 3.05) is 40.9 Å². The normalized spacial score (nSPS) is 14.7. The molecule has 0 aliphatic rings. The first kappa shape index (κ1) is 51.0. The number of hydrogen-bond donors (Lipinski definition) is 2. The average molecular weight is 757 g/mol. The molecule has 9 heteroatoms. The summed E-state index contributed by atoms with van der Waals surface area (Å²) in [5.74, 6) is -0.214. The standard InChI is InChI=1S/C43H85N2O6P/c1-6-8-10-12-14-16-18-19-20-21-22-23-24-25-27-29-31-33-35-37-43(47)44-41(40-51-52(48,49)50-39-38-45(3,4)5)42(46)36-34-32-30-28-26-17-15-13-11-9-7-2/h30,32,34,36,41-42,46H,6-29,31,33,35,37-40H2,1-5H3,(H-,44,47,48,49)/b32-30+,36-34+/t41-,42+/m0/s1. The van der Waals surface area contributed by atoms with Gasteiger partial charge in [-0.2, -0.15) is 0 Å². The maximum atomic E-state index is 12.8. The van der Waals surface area contributed by atoms with Crippen molar-refractivity contribution in [3.8, 4) is 0 Å². The zero-order valence-electron chi connectivity index (χ0n) is 34.8.